The highest BCUT2D eigenvalue weighted by Gasteiger charge is 2.16. The normalized spacial score (nSPS) is 11.4. The molecule has 0 aliphatic carbocycles. The molecule has 2 N–H and O–H groups in total. The van der Waals surface area contributed by atoms with E-state index < -0.39 is 11.7 Å². The van der Waals surface area contributed by atoms with E-state index >= 15 is 0 Å². The lowest BCUT2D eigenvalue weighted by Gasteiger charge is -2.18. The largest absolute Gasteiger partial charge is 0.497 e. The summed E-state index contributed by atoms with van der Waals surface area (Å²) in [6.07, 6.45) is 0. The maximum Gasteiger partial charge on any atom is 0.251 e. The van der Waals surface area contributed by atoms with Crippen LogP contribution in [0.3, 0.4) is 0 Å². The van der Waals surface area contributed by atoms with Gasteiger partial charge in [-0.15, -0.1) is 0 Å². The monoisotopic (exact) mass is 360 g/mol. The number of benzene rings is 2. The molecule has 2 rings (SSSR count). The molecule has 0 aliphatic rings. The number of hydrogen-bond acceptors (Lipinski definition) is 4. The van der Waals surface area contributed by atoms with Crippen molar-refractivity contribution in [3.63, 3.8) is 0 Å². The number of nitrogens with one attached hydrogen (secondary N) is 2. The van der Waals surface area contributed by atoms with Gasteiger partial charge >= 0.3 is 0 Å². The van der Waals surface area contributed by atoms with E-state index in [0.29, 0.717) is 11.5 Å². The van der Waals surface area contributed by atoms with E-state index in [1.165, 1.54) is 25.3 Å². The molecule has 0 aliphatic heterocycles. The van der Waals surface area contributed by atoms with Crippen molar-refractivity contribution in [3.8, 4) is 11.5 Å². The summed E-state index contributed by atoms with van der Waals surface area (Å²) in [5, 5.41) is 5.24. The molecule has 2 aromatic carbocycles. The van der Waals surface area contributed by atoms with E-state index in [-0.39, 0.29) is 24.1 Å². The van der Waals surface area contributed by atoms with Crippen molar-refractivity contribution in [2.75, 3.05) is 20.8 Å². The summed E-state index contributed by atoms with van der Waals surface area (Å²) in [4.78, 5) is 24.0. The Morgan fingerprint density at radius 1 is 1.12 bits per heavy atom. The molecule has 6 nitrogen and oxygen atoms in total. The highest BCUT2D eigenvalue weighted by molar-refractivity contribution is 5.96. The number of methoxy groups -OCH3 is 2. The van der Waals surface area contributed by atoms with E-state index in [4.69, 9.17) is 9.47 Å². The topological polar surface area (TPSA) is 76.7 Å². The lowest BCUT2D eigenvalue weighted by atomic mass is 10.1. The number of ether oxygens (including phenoxy) is 2. The molecule has 0 radical (unpaired) electrons. The Hall–Kier alpha value is -3.09. The lowest BCUT2D eigenvalue weighted by molar-refractivity contribution is -0.120. The van der Waals surface area contributed by atoms with Crippen LogP contribution < -0.4 is 20.1 Å². The second kappa shape index (κ2) is 8.84. The average Bonchev–Trinajstić information content (AvgIpc) is 2.65. The average molecular weight is 360 g/mol. The molecule has 2 amide bonds. The van der Waals surface area contributed by atoms with Crippen molar-refractivity contribution in [2.24, 2.45) is 0 Å². The van der Waals surface area contributed by atoms with E-state index in [9.17, 15) is 14.0 Å². The van der Waals surface area contributed by atoms with Gasteiger partial charge in [-0.1, -0.05) is 6.07 Å². The molecular weight excluding hydrogens is 339 g/mol. The Morgan fingerprint density at radius 3 is 2.54 bits per heavy atom. The van der Waals surface area contributed by atoms with Crippen LogP contribution in [0.4, 0.5) is 4.39 Å². The van der Waals surface area contributed by atoms with Gasteiger partial charge in [-0.2, -0.15) is 0 Å². The van der Waals surface area contributed by atoms with E-state index in [0.717, 1.165) is 11.6 Å². The van der Waals surface area contributed by atoms with E-state index in [1.54, 1.807) is 32.2 Å². The molecule has 0 saturated carbocycles. The number of amides is 2. The van der Waals surface area contributed by atoms with Crippen LogP contribution in [-0.4, -0.2) is 32.6 Å². The molecule has 0 fully saturated rings. The number of hydrogen-bond donors (Lipinski definition) is 2. The molecule has 0 saturated heterocycles. The van der Waals surface area contributed by atoms with Gasteiger partial charge in [0.1, 0.15) is 17.3 Å². The highest BCUT2D eigenvalue weighted by atomic mass is 19.1. The smallest absolute Gasteiger partial charge is 0.251 e. The Balaban J connectivity index is 1.94. The Morgan fingerprint density at radius 2 is 1.88 bits per heavy atom. The van der Waals surface area contributed by atoms with Crippen LogP contribution in [0.15, 0.2) is 42.5 Å². The Kier molecular flexibility index (Phi) is 6.54. The first kappa shape index (κ1) is 19.2. The van der Waals surface area contributed by atoms with Gasteiger partial charge in [-0.25, -0.2) is 4.39 Å². The first-order valence-corrected chi connectivity index (χ1v) is 7.99. The second-order valence-electron chi connectivity index (χ2n) is 5.59. The summed E-state index contributed by atoms with van der Waals surface area (Å²) in [5.74, 6) is -0.177. The summed E-state index contributed by atoms with van der Waals surface area (Å²) >= 11 is 0. The van der Waals surface area contributed by atoms with Crippen molar-refractivity contribution in [2.45, 2.75) is 13.0 Å². The molecule has 0 aromatic heterocycles. The highest BCUT2D eigenvalue weighted by Crippen LogP contribution is 2.29. The second-order valence-corrected chi connectivity index (χ2v) is 5.59. The molecule has 138 valence electrons. The molecule has 1 atom stereocenters. The predicted octanol–water partition coefficient (Wildman–Crippen LogP) is 2.45. The third kappa shape index (κ3) is 4.95. The fourth-order valence-corrected chi connectivity index (χ4v) is 2.44. The minimum absolute atomic E-state index is 0.155. The van der Waals surface area contributed by atoms with E-state index in [2.05, 4.69) is 10.6 Å². The SMILES string of the molecule is COc1ccc(C(C)NC(=O)CNC(=O)c2cccc(F)c2)c(OC)c1. The van der Waals surface area contributed by atoms with Crippen LogP contribution in [0.5, 0.6) is 11.5 Å². The fraction of sp³-hybridized carbons (Fsp3) is 0.263. The standard InChI is InChI=1S/C19H21FN2O4/c1-12(16-8-7-15(25-2)10-17(16)26-3)22-18(23)11-21-19(24)13-5-4-6-14(20)9-13/h4-10,12H,11H2,1-3H3,(H,21,24)(H,22,23). The third-order valence-electron chi connectivity index (χ3n) is 3.78. The van der Waals surface area contributed by atoms with Gasteiger partial charge in [0.05, 0.1) is 26.8 Å². The molecule has 0 spiro atoms. The molecule has 1 unspecified atom stereocenters. The molecular formula is C19H21FN2O4. The third-order valence-corrected chi connectivity index (χ3v) is 3.78. The van der Waals surface area contributed by atoms with Crippen molar-refractivity contribution in [3.05, 3.63) is 59.4 Å². The summed E-state index contributed by atoms with van der Waals surface area (Å²) in [5.41, 5.74) is 0.931. The van der Waals surface area contributed by atoms with Crippen LogP contribution in [-0.2, 0) is 4.79 Å². The first-order valence-electron chi connectivity index (χ1n) is 7.99. The van der Waals surface area contributed by atoms with E-state index in [1.807, 2.05) is 0 Å². The first-order chi connectivity index (χ1) is 12.4. The molecule has 0 heterocycles. The zero-order valence-electron chi connectivity index (χ0n) is 14.8. The summed E-state index contributed by atoms with van der Waals surface area (Å²) in [7, 11) is 3.09. The van der Waals surface area contributed by atoms with Crippen LogP contribution in [0.2, 0.25) is 0 Å². The molecule has 2 aromatic rings. The maximum absolute atomic E-state index is 13.1. The van der Waals surface area contributed by atoms with Crippen LogP contribution in [0, 0.1) is 5.82 Å². The summed E-state index contributed by atoms with van der Waals surface area (Å²) in [6.45, 7) is 1.58. The predicted molar refractivity (Wildman–Crippen MR) is 94.8 cm³/mol. The van der Waals surface area contributed by atoms with Crippen molar-refractivity contribution in [1.29, 1.82) is 0 Å². The van der Waals surface area contributed by atoms with Crippen LogP contribution in [0.1, 0.15) is 28.9 Å². The Bertz CT molecular complexity index is 795. The van der Waals surface area contributed by atoms with Gasteiger partial charge in [0.15, 0.2) is 0 Å². The summed E-state index contributed by atoms with van der Waals surface area (Å²) in [6, 6.07) is 10.2. The summed E-state index contributed by atoms with van der Waals surface area (Å²) < 4.78 is 23.6. The van der Waals surface area contributed by atoms with Crippen molar-refractivity contribution < 1.29 is 23.5 Å². The van der Waals surface area contributed by atoms with Gasteiger partial charge < -0.3 is 20.1 Å². The van der Waals surface area contributed by atoms with Crippen molar-refractivity contribution >= 4 is 11.8 Å². The fourth-order valence-electron chi connectivity index (χ4n) is 2.44. The molecule has 0 bridgehead atoms. The zero-order chi connectivity index (χ0) is 19.1. The Labute approximate surface area is 151 Å². The van der Waals surface area contributed by atoms with Gasteiger partial charge in [-0.05, 0) is 37.3 Å². The molecule has 26 heavy (non-hydrogen) atoms. The minimum Gasteiger partial charge on any atom is -0.497 e. The lowest BCUT2D eigenvalue weighted by Crippen LogP contribution is -2.38. The quantitative estimate of drug-likeness (QED) is 0.795. The van der Waals surface area contributed by atoms with Gasteiger partial charge in [-0.3, -0.25) is 9.59 Å². The number of carbonyl (C=O) groups is 2. The van der Waals surface area contributed by atoms with Gasteiger partial charge in [0, 0.05) is 17.2 Å². The molecule has 7 heteroatoms. The van der Waals surface area contributed by atoms with Crippen LogP contribution >= 0.6 is 0 Å². The van der Waals surface area contributed by atoms with Crippen LogP contribution in [0.25, 0.3) is 0 Å². The van der Waals surface area contributed by atoms with Crippen molar-refractivity contribution in [1.82, 2.24) is 10.6 Å². The number of halogens is 1. The minimum atomic E-state index is -0.519. The zero-order valence-corrected chi connectivity index (χ0v) is 14.8. The van der Waals surface area contributed by atoms with Gasteiger partial charge in [0.2, 0.25) is 5.91 Å². The number of carbonyl (C=O) groups excluding carboxylic acids is 2. The maximum atomic E-state index is 13.1. The van der Waals surface area contributed by atoms with Gasteiger partial charge in [0.25, 0.3) is 5.91 Å². The number of rotatable bonds is 7.